The Bertz CT molecular complexity index is 356. The molecule has 1 atom stereocenters. The first-order chi connectivity index (χ1) is 6.66. The van der Waals surface area contributed by atoms with Crippen LogP contribution in [0.5, 0.6) is 0 Å². The Kier molecular flexibility index (Phi) is 4.19. The Morgan fingerprint density at radius 1 is 1.60 bits per heavy atom. The van der Waals surface area contributed by atoms with Gasteiger partial charge in [0.25, 0.3) is 5.91 Å². The minimum absolute atomic E-state index is 0. The molecule has 15 heavy (non-hydrogen) atoms. The zero-order valence-electron chi connectivity index (χ0n) is 7.98. The summed E-state index contributed by atoms with van der Waals surface area (Å²) in [7, 11) is 0. The van der Waals surface area contributed by atoms with Crippen molar-refractivity contribution < 1.29 is 9.21 Å². The highest BCUT2D eigenvalue weighted by molar-refractivity contribution is 9.10. The third-order valence-electron chi connectivity index (χ3n) is 2.30. The molecule has 0 aromatic carbocycles. The van der Waals surface area contributed by atoms with Gasteiger partial charge in [0.2, 0.25) is 0 Å². The normalized spacial score (nSPS) is 20.1. The number of hydrogen-bond donors (Lipinski definition) is 1. The van der Waals surface area contributed by atoms with Crippen LogP contribution < -0.4 is 5.73 Å². The molecule has 2 heterocycles. The van der Waals surface area contributed by atoms with Crippen LogP contribution in [0.25, 0.3) is 0 Å². The molecule has 1 aromatic heterocycles. The van der Waals surface area contributed by atoms with Crippen molar-refractivity contribution in [2.45, 2.75) is 12.5 Å². The number of furan rings is 1. The minimum atomic E-state index is -0.0800. The van der Waals surface area contributed by atoms with Gasteiger partial charge < -0.3 is 15.1 Å². The van der Waals surface area contributed by atoms with Gasteiger partial charge in [0, 0.05) is 19.1 Å². The predicted octanol–water partition coefficient (Wildman–Crippen LogP) is 1.64. The van der Waals surface area contributed by atoms with Gasteiger partial charge in [-0.3, -0.25) is 4.79 Å². The standard InChI is InChI=1S/C9H11BrN2O2.ClH/c10-8-2-1-7(14-8)9(13)12-4-3-6(11)5-12;/h1-2,6H,3-5,11H2;1H/t6-;/m0./s1. The van der Waals surface area contributed by atoms with E-state index in [1.807, 2.05) is 0 Å². The van der Waals surface area contributed by atoms with Gasteiger partial charge in [-0.15, -0.1) is 12.4 Å². The zero-order chi connectivity index (χ0) is 10.1. The highest BCUT2D eigenvalue weighted by atomic mass is 79.9. The number of hydrogen-bond acceptors (Lipinski definition) is 3. The summed E-state index contributed by atoms with van der Waals surface area (Å²) in [6, 6.07) is 3.48. The van der Waals surface area contributed by atoms with E-state index in [1.54, 1.807) is 17.0 Å². The number of likely N-dealkylation sites (tertiary alicyclic amines) is 1. The summed E-state index contributed by atoms with van der Waals surface area (Å²) in [5, 5.41) is 0. The van der Waals surface area contributed by atoms with Crippen LogP contribution in [-0.4, -0.2) is 29.9 Å². The van der Waals surface area contributed by atoms with Crippen molar-refractivity contribution in [2.75, 3.05) is 13.1 Å². The molecule has 6 heteroatoms. The van der Waals surface area contributed by atoms with E-state index in [1.165, 1.54) is 0 Å². The zero-order valence-corrected chi connectivity index (χ0v) is 10.4. The second kappa shape index (κ2) is 5.01. The molecule has 0 unspecified atom stereocenters. The molecule has 1 aromatic rings. The molecule has 0 bridgehead atoms. The Labute approximate surface area is 102 Å². The Morgan fingerprint density at radius 2 is 2.33 bits per heavy atom. The topological polar surface area (TPSA) is 59.5 Å². The van der Waals surface area contributed by atoms with Crippen LogP contribution in [0.15, 0.2) is 21.2 Å². The van der Waals surface area contributed by atoms with Crippen molar-refractivity contribution in [3.63, 3.8) is 0 Å². The van der Waals surface area contributed by atoms with Crippen molar-refractivity contribution in [1.29, 1.82) is 0 Å². The van der Waals surface area contributed by atoms with Crippen LogP contribution in [0, 0.1) is 0 Å². The summed E-state index contributed by atoms with van der Waals surface area (Å²) < 4.78 is 5.75. The van der Waals surface area contributed by atoms with E-state index in [9.17, 15) is 4.79 Å². The lowest BCUT2D eigenvalue weighted by atomic mass is 10.3. The first-order valence-corrected chi connectivity index (χ1v) is 5.26. The number of nitrogens with zero attached hydrogens (tertiary/aromatic N) is 1. The first-order valence-electron chi connectivity index (χ1n) is 4.47. The number of nitrogens with two attached hydrogens (primary N) is 1. The number of rotatable bonds is 1. The molecule has 2 rings (SSSR count). The molecule has 0 radical (unpaired) electrons. The summed E-state index contributed by atoms with van der Waals surface area (Å²) in [4.78, 5) is 13.5. The molecule has 4 nitrogen and oxygen atoms in total. The van der Waals surface area contributed by atoms with E-state index in [2.05, 4.69) is 15.9 Å². The lowest BCUT2D eigenvalue weighted by Gasteiger charge is -2.13. The van der Waals surface area contributed by atoms with Crippen LogP contribution in [0.2, 0.25) is 0 Å². The fraction of sp³-hybridized carbons (Fsp3) is 0.444. The molecule has 1 saturated heterocycles. The molecule has 1 amide bonds. The molecular formula is C9H12BrClN2O2. The minimum Gasteiger partial charge on any atom is -0.444 e. The summed E-state index contributed by atoms with van der Waals surface area (Å²) in [6.45, 7) is 1.34. The van der Waals surface area contributed by atoms with E-state index in [-0.39, 0.29) is 24.4 Å². The average molecular weight is 296 g/mol. The second-order valence-corrected chi connectivity index (χ2v) is 4.19. The van der Waals surface area contributed by atoms with Crippen LogP contribution in [0.4, 0.5) is 0 Å². The molecule has 1 aliphatic rings. The molecule has 1 fully saturated rings. The van der Waals surface area contributed by atoms with Gasteiger partial charge in [-0.1, -0.05) is 0 Å². The Hall–Kier alpha value is -0.520. The van der Waals surface area contributed by atoms with Crippen LogP contribution in [-0.2, 0) is 0 Å². The molecule has 0 spiro atoms. The van der Waals surface area contributed by atoms with Crippen LogP contribution in [0.1, 0.15) is 17.0 Å². The predicted molar refractivity (Wildman–Crippen MR) is 62.2 cm³/mol. The molecule has 0 saturated carbocycles. The van der Waals surface area contributed by atoms with Crippen molar-refractivity contribution in [2.24, 2.45) is 5.73 Å². The number of halogens is 2. The highest BCUT2D eigenvalue weighted by Gasteiger charge is 2.26. The highest BCUT2D eigenvalue weighted by Crippen LogP contribution is 2.17. The van der Waals surface area contributed by atoms with Gasteiger partial charge in [-0.05, 0) is 34.5 Å². The van der Waals surface area contributed by atoms with Gasteiger partial charge in [0.1, 0.15) is 0 Å². The Balaban J connectivity index is 0.00000112. The molecular weight excluding hydrogens is 283 g/mol. The number of carbonyl (C=O) groups excluding carboxylic acids is 1. The van der Waals surface area contributed by atoms with Crippen molar-refractivity contribution in [3.05, 3.63) is 22.6 Å². The van der Waals surface area contributed by atoms with Crippen LogP contribution in [0.3, 0.4) is 0 Å². The summed E-state index contributed by atoms with van der Waals surface area (Å²) in [5.41, 5.74) is 5.71. The quantitative estimate of drug-likeness (QED) is 0.857. The third kappa shape index (κ3) is 2.74. The summed E-state index contributed by atoms with van der Waals surface area (Å²) >= 11 is 3.16. The lowest BCUT2D eigenvalue weighted by Crippen LogP contribution is -2.31. The van der Waals surface area contributed by atoms with E-state index in [0.717, 1.165) is 13.0 Å². The van der Waals surface area contributed by atoms with Gasteiger partial charge in [-0.2, -0.15) is 0 Å². The largest absolute Gasteiger partial charge is 0.444 e. The summed E-state index contributed by atoms with van der Waals surface area (Å²) in [5.74, 6) is 0.287. The maximum atomic E-state index is 11.8. The van der Waals surface area contributed by atoms with Gasteiger partial charge >= 0.3 is 0 Å². The van der Waals surface area contributed by atoms with Crippen molar-refractivity contribution >= 4 is 34.2 Å². The fourth-order valence-corrected chi connectivity index (χ4v) is 1.86. The molecule has 84 valence electrons. The van der Waals surface area contributed by atoms with Crippen molar-refractivity contribution in [3.8, 4) is 0 Å². The van der Waals surface area contributed by atoms with E-state index in [4.69, 9.17) is 10.2 Å². The Morgan fingerprint density at radius 3 is 2.80 bits per heavy atom. The van der Waals surface area contributed by atoms with Gasteiger partial charge in [-0.25, -0.2) is 0 Å². The van der Waals surface area contributed by atoms with E-state index in [0.29, 0.717) is 17.0 Å². The molecule has 1 aliphatic heterocycles. The number of carbonyl (C=O) groups is 1. The smallest absolute Gasteiger partial charge is 0.289 e. The van der Waals surface area contributed by atoms with Crippen LogP contribution >= 0.6 is 28.3 Å². The van der Waals surface area contributed by atoms with Gasteiger partial charge in [0.05, 0.1) is 0 Å². The third-order valence-corrected chi connectivity index (χ3v) is 2.72. The average Bonchev–Trinajstić information content (AvgIpc) is 2.73. The lowest BCUT2D eigenvalue weighted by molar-refractivity contribution is 0.0758. The monoisotopic (exact) mass is 294 g/mol. The molecule has 0 aliphatic carbocycles. The van der Waals surface area contributed by atoms with E-state index >= 15 is 0 Å². The molecule has 2 N–H and O–H groups in total. The second-order valence-electron chi connectivity index (χ2n) is 3.40. The first kappa shape index (κ1) is 12.5. The number of amides is 1. The van der Waals surface area contributed by atoms with Crippen molar-refractivity contribution in [1.82, 2.24) is 4.90 Å². The van der Waals surface area contributed by atoms with E-state index < -0.39 is 0 Å². The summed E-state index contributed by atoms with van der Waals surface area (Å²) in [6.07, 6.45) is 0.869. The maximum Gasteiger partial charge on any atom is 0.289 e. The maximum absolute atomic E-state index is 11.8. The fourth-order valence-electron chi connectivity index (χ4n) is 1.56. The SMILES string of the molecule is Cl.N[C@H]1CCN(C(=O)c2ccc(Br)o2)C1. The van der Waals surface area contributed by atoms with Gasteiger partial charge in [0.15, 0.2) is 10.4 Å².